The Morgan fingerprint density at radius 3 is 2.53 bits per heavy atom. The Balaban J connectivity index is 2.18. The third-order valence-corrected chi connectivity index (χ3v) is 3.86. The third-order valence-electron chi connectivity index (χ3n) is 2.90. The Morgan fingerprint density at radius 1 is 0.941 bits per heavy atom. The zero-order chi connectivity index (χ0) is 11.8. The molecule has 1 nitrogen and oxygen atoms in total. The molecule has 0 aliphatic heterocycles. The van der Waals surface area contributed by atoms with Crippen LogP contribution < -0.4 is 0 Å². The van der Waals surface area contributed by atoms with Gasteiger partial charge in [0.25, 0.3) is 0 Å². The fraction of sp³-hybridized carbons (Fsp3) is 0.133. The van der Waals surface area contributed by atoms with Crippen LogP contribution in [0.4, 0.5) is 0 Å². The van der Waals surface area contributed by atoms with E-state index in [0.29, 0.717) is 0 Å². The Hall–Kier alpha value is -1.67. The molecule has 0 saturated heterocycles. The van der Waals surface area contributed by atoms with E-state index in [1.165, 1.54) is 26.8 Å². The summed E-state index contributed by atoms with van der Waals surface area (Å²) < 4.78 is 0. The molecule has 0 radical (unpaired) electrons. The van der Waals surface area contributed by atoms with Crippen molar-refractivity contribution in [2.75, 3.05) is 0 Å². The number of hydrogen-bond donors (Lipinski definition) is 0. The number of benzene rings is 2. The number of aromatic nitrogens is 1. The molecule has 0 atom stereocenters. The first-order chi connectivity index (χ1) is 8.22. The van der Waals surface area contributed by atoms with Crippen LogP contribution in [0.15, 0.2) is 42.6 Å². The number of thiazole rings is 1. The molecule has 2 heteroatoms. The zero-order valence-electron chi connectivity index (χ0n) is 9.90. The van der Waals surface area contributed by atoms with Gasteiger partial charge in [0.15, 0.2) is 0 Å². The Bertz CT molecular complexity index is 682. The maximum atomic E-state index is 4.31. The third kappa shape index (κ3) is 1.96. The molecule has 0 bridgehead atoms. The molecular weight excluding hydrogens is 226 g/mol. The standard InChI is InChI=1S/C15H13NS/c1-10-3-4-12-5-6-13(8-14(12)7-10)15-9-16-11(2)17-15/h3-9H,1-2H3. The van der Waals surface area contributed by atoms with Gasteiger partial charge in [0, 0.05) is 6.20 Å². The van der Waals surface area contributed by atoms with Gasteiger partial charge in [0.2, 0.25) is 0 Å². The number of nitrogens with zero attached hydrogens (tertiary/aromatic N) is 1. The molecule has 0 aliphatic rings. The van der Waals surface area contributed by atoms with Crippen LogP contribution in [0.2, 0.25) is 0 Å². The maximum absolute atomic E-state index is 4.31. The van der Waals surface area contributed by atoms with Gasteiger partial charge in [-0.2, -0.15) is 0 Å². The molecule has 3 aromatic rings. The van der Waals surface area contributed by atoms with Gasteiger partial charge in [0.05, 0.1) is 9.88 Å². The second kappa shape index (κ2) is 3.97. The Kier molecular flexibility index (Phi) is 2.45. The van der Waals surface area contributed by atoms with Gasteiger partial charge in [-0.25, -0.2) is 4.98 Å². The summed E-state index contributed by atoms with van der Waals surface area (Å²) in [5.41, 5.74) is 2.56. The molecule has 1 heterocycles. The number of fused-ring (bicyclic) bond motifs is 1. The SMILES string of the molecule is Cc1ccc2ccc(-c3cnc(C)s3)cc2c1. The minimum Gasteiger partial charge on any atom is -0.249 e. The van der Waals surface area contributed by atoms with Gasteiger partial charge in [-0.15, -0.1) is 11.3 Å². The summed E-state index contributed by atoms with van der Waals surface area (Å²) in [6, 6.07) is 13.1. The molecule has 17 heavy (non-hydrogen) atoms. The van der Waals surface area contributed by atoms with Crippen LogP contribution in [0.1, 0.15) is 10.6 Å². The van der Waals surface area contributed by atoms with Crippen molar-refractivity contribution in [3.8, 4) is 10.4 Å². The van der Waals surface area contributed by atoms with Crippen LogP contribution in [-0.2, 0) is 0 Å². The van der Waals surface area contributed by atoms with Crippen LogP contribution in [-0.4, -0.2) is 4.98 Å². The Morgan fingerprint density at radius 2 is 1.76 bits per heavy atom. The van der Waals surface area contributed by atoms with Crippen molar-refractivity contribution in [1.82, 2.24) is 4.98 Å². The lowest BCUT2D eigenvalue weighted by Gasteiger charge is -2.02. The highest BCUT2D eigenvalue weighted by Gasteiger charge is 2.03. The van der Waals surface area contributed by atoms with Crippen molar-refractivity contribution >= 4 is 22.1 Å². The highest BCUT2D eigenvalue weighted by atomic mass is 32.1. The smallest absolute Gasteiger partial charge is 0.0900 e. The lowest BCUT2D eigenvalue weighted by molar-refractivity contribution is 1.30. The molecule has 0 amide bonds. The molecule has 0 saturated carbocycles. The average molecular weight is 239 g/mol. The molecule has 84 valence electrons. The van der Waals surface area contributed by atoms with E-state index in [4.69, 9.17) is 0 Å². The minimum atomic E-state index is 1.12. The van der Waals surface area contributed by atoms with Crippen LogP contribution >= 0.6 is 11.3 Å². The summed E-state index contributed by atoms with van der Waals surface area (Å²) in [5.74, 6) is 0. The van der Waals surface area contributed by atoms with Gasteiger partial charge >= 0.3 is 0 Å². The van der Waals surface area contributed by atoms with Gasteiger partial charge in [-0.3, -0.25) is 0 Å². The fourth-order valence-corrected chi connectivity index (χ4v) is 2.79. The first-order valence-corrected chi connectivity index (χ1v) is 6.47. The highest BCUT2D eigenvalue weighted by molar-refractivity contribution is 7.15. The highest BCUT2D eigenvalue weighted by Crippen LogP contribution is 2.28. The monoisotopic (exact) mass is 239 g/mol. The van der Waals surface area contributed by atoms with Gasteiger partial charge < -0.3 is 0 Å². The van der Waals surface area contributed by atoms with E-state index >= 15 is 0 Å². The lowest BCUT2D eigenvalue weighted by atomic mass is 10.0. The second-order valence-corrected chi connectivity index (χ2v) is 5.54. The van der Waals surface area contributed by atoms with Crippen molar-refractivity contribution in [3.63, 3.8) is 0 Å². The van der Waals surface area contributed by atoms with Crippen molar-refractivity contribution in [3.05, 3.63) is 53.2 Å². The van der Waals surface area contributed by atoms with Gasteiger partial charge in [-0.1, -0.05) is 35.9 Å². The normalized spacial score (nSPS) is 10.9. The van der Waals surface area contributed by atoms with E-state index in [9.17, 15) is 0 Å². The summed E-state index contributed by atoms with van der Waals surface area (Å²) in [4.78, 5) is 5.55. The number of hydrogen-bond acceptors (Lipinski definition) is 2. The summed E-state index contributed by atoms with van der Waals surface area (Å²) in [7, 11) is 0. The average Bonchev–Trinajstić information content (AvgIpc) is 2.75. The van der Waals surface area contributed by atoms with E-state index in [2.05, 4.69) is 48.3 Å². The molecule has 0 unspecified atom stereocenters. The van der Waals surface area contributed by atoms with E-state index in [-0.39, 0.29) is 0 Å². The Labute approximate surface area is 105 Å². The first kappa shape index (κ1) is 10.5. The predicted molar refractivity (Wildman–Crippen MR) is 74.5 cm³/mol. The van der Waals surface area contributed by atoms with Crippen molar-refractivity contribution in [1.29, 1.82) is 0 Å². The molecule has 0 spiro atoms. The van der Waals surface area contributed by atoms with Crippen LogP contribution in [0, 0.1) is 13.8 Å². The lowest BCUT2D eigenvalue weighted by Crippen LogP contribution is -1.77. The minimum absolute atomic E-state index is 1.12. The van der Waals surface area contributed by atoms with Crippen LogP contribution in [0.25, 0.3) is 21.2 Å². The maximum Gasteiger partial charge on any atom is 0.0900 e. The van der Waals surface area contributed by atoms with Crippen molar-refractivity contribution in [2.45, 2.75) is 13.8 Å². The molecule has 3 rings (SSSR count). The van der Waals surface area contributed by atoms with E-state index < -0.39 is 0 Å². The summed E-state index contributed by atoms with van der Waals surface area (Å²) in [6.45, 7) is 4.17. The fourth-order valence-electron chi connectivity index (χ4n) is 2.01. The molecule has 0 fully saturated rings. The van der Waals surface area contributed by atoms with Gasteiger partial charge in [0.1, 0.15) is 0 Å². The largest absolute Gasteiger partial charge is 0.249 e. The van der Waals surface area contributed by atoms with E-state index in [1.807, 2.05) is 13.1 Å². The summed E-state index contributed by atoms with van der Waals surface area (Å²) in [5, 5.41) is 3.71. The summed E-state index contributed by atoms with van der Waals surface area (Å²) in [6.07, 6.45) is 1.96. The summed E-state index contributed by atoms with van der Waals surface area (Å²) >= 11 is 1.74. The topological polar surface area (TPSA) is 12.9 Å². The quantitative estimate of drug-likeness (QED) is 0.605. The zero-order valence-corrected chi connectivity index (χ0v) is 10.7. The van der Waals surface area contributed by atoms with Crippen molar-refractivity contribution < 1.29 is 0 Å². The number of aryl methyl sites for hydroxylation is 2. The second-order valence-electron chi connectivity index (χ2n) is 4.31. The number of rotatable bonds is 1. The van der Waals surface area contributed by atoms with Crippen LogP contribution in [0.3, 0.4) is 0 Å². The van der Waals surface area contributed by atoms with E-state index in [1.54, 1.807) is 11.3 Å². The van der Waals surface area contributed by atoms with Gasteiger partial charge in [-0.05, 0) is 36.2 Å². The molecular formula is C15H13NS. The van der Waals surface area contributed by atoms with Crippen molar-refractivity contribution in [2.24, 2.45) is 0 Å². The first-order valence-electron chi connectivity index (χ1n) is 5.65. The predicted octanol–water partition coefficient (Wildman–Crippen LogP) is 4.58. The molecule has 1 aromatic heterocycles. The molecule has 0 N–H and O–H groups in total. The molecule has 0 aliphatic carbocycles. The molecule has 2 aromatic carbocycles. The van der Waals surface area contributed by atoms with Crippen LogP contribution in [0.5, 0.6) is 0 Å². The van der Waals surface area contributed by atoms with E-state index in [0.717, 1.165) is 5.01 Å².